The van der Waals surface area contributed by atoms with Gasteiger partial charge in [0.2, 0.25) is 0 Å². The Kier molecular flexibility index (Phi) is 0.869. The van der Waals surface area contributed by atoms with Gasteiger partial charge in [0.05, 0.1) is 12.2 Å². The van der Waals surface area contributed by atoms with Gasteiger partial charge in [-0.25, -0.2) is 4.79 Å². The molecule has 0 N–H and O–H groups in total. The number of rotatable bonds is 0. The Labute approximate surface area is 57.1 Å². The van der Waals surface area contributed by atoms with E-state index in [-0.39, 0.29) is 18.9 Å². The number of hydrogen-bond acceptors (Lipinski definition) is 3. The molecule has 4 heteroatoms. The second-order valence-electron chi connectivity index (χ2n) is 2.24. The van der Waals surface area contributed by atoms with Crippen molar-refractivity contribution < 1.29 is 14.3 Å². The molecular formula is C6H5NO3. The fourth-order valence-electron chi connectivity index (χ4n) is 1.08. The molecule has 1 saturated heterocycles. The Morgan fingerprint density at radius 3 is 3.00 bits per heavy atom. The van der Waals surface area contributed by atoms with Crippen LogP contribution in [0, 0.1) is 0 Å². The molecule has 0 radical (unpaired) electrons. The Morgan fingerprint density at radius 1 is 1.50 bits per heavy atom. The van der Waals surface area contributed by atoms with Crippen molar-refractivity contribution in [3.63, 3.8) is 0 Å². The molecule has 2 aliphatic heterocycles. The lowest BCUT2D eigenvalue weighted by Gasteiger charge is -2.03. The van der Waals surface area contributed by atoms with Crippen molar-refractivity contribution in [1.82, 2.24) is 4.90 Å². The van der Waals surface area contributed by atoms with Crippen molar-refractivity contribution in [2.45, 2.75) is 0 Å². The van der Waals surface area contributed by atoms with E-state index in [0.717, 1.165) is 0 Å². The second kappa shape index (κ2) is 1.59. The SMILES string of the molecule is O=C1C=C2COC(=O)N2C1. The lowest BCUT2D eigenvalue weighted by Crippen LogP contribution is -2.22. The van der Waals surface area contributed by atoms with Crippen molar-refractivity contribution in [2.75, 3.05) is 13.2 Å². The van der Waals surface area contributed by atoms with Crippen molar-refractivity contribution >= 4 is 11.9 Å². The van der Waals surface area contributed by atoms with Crippen molar-refractivity contribution in [2.24, 2.45) is 0 Å². The van der Waals surface area contributed by atoms with Crippen LogP contribution in [0.3, 0.4) is 0 Å². The summed E-state index contributed by atoms with van der Waals surface area (Å²) in [7, 11) is 0. The largest absolute Gasteiger partial charge is 0.443 e. The van der Waals surface area contributed by atoms with Gasteiger partial charge in [0.15, 0.2) is 5.78 Å². The maximum absolute atomic E-state index is 10.7. The molecule has 0 unspecified atom stereocenters. The number of amides is 1. The highest BCUT2D eigenvalue weighted by molar-refractivity contribution is 5.98. The maximum atomic E-state index is 10.7. The smallest absolute Gasteiger partial charge is 0.414 e. The minimum Gasteiger partial charge on any atom is -0.443 e. The molecule has 0 aromatic rings. The molecular weight excluding hydrogens is 134 g/mol. The van der Waals surface area contributed by atoms with Crippen LogP contribution >= 0.6 is 0 Å². The van der Waals surface area contributed by atoms with Gasteiger partial charge in [0.1, 0.15) is 6.61 Å². The molecule has 4 nitrogen and oxygen atoms in total. The van der Waals surface area contributed by atoms with E-state index in [1.807, 2.05) is 0 Å². The summed E-state index contributed by atoms with van der Waals surface area (Å²) in [6, 6.07) is 0. The van der Waals surface area contributed by atoms with Crippen molar-refractivity contribution in [1.29, 1.82) is 0 Å². The highest BCUT2D eigenvalue weighted by Gasteiger charge is 2.33. The van der Waals surface area contributed by atoms with Gasteiger partial charge >= 0.3 is 6.09 Å². The third-order valence-corrected chi connectivity index (χ3v) is 1.55. The van der Waals surface area contributed by atoms with E-state index < -0.39 is 6.09 Å². The minimum atomic E-state index is -0.405. The van der Waals surface area contributed by atoms with E-state index in [1.54, 1.807) is 0 Å². The zero-order valence-corrected chi connectivity index (χ0v) is 5.16. The first-order chi connectivity index (χ1) is 4.77. The van der Waals surface area contributed by atoms with Crippen molar-refractivity contribution in [3.8, 4) is 0 Å². The molecule has 0 spiro atoms. The van der Waals surface area contributed by atoms with E-state index >= 15 is 0 Å². The molecule has 1 amide bonds. The van der Waals surface area contributed by atoms with Gasteiger partial charge in [-0.15, -0.1) is 0 Å². The normalized spacial score (nSPS) is 22.8. The summed E-state index contributed by atoms with van der Waals surface area (Å²) in [5.41, 5.74) is 0.690. The number of hydrogen-bond donors (Lipinski definition) is 0. The molecule has 52 valence electrons. The molecule has 0 aromatic carbocycles. The zero-order valence-electron chi connectivity index (χ0n) is 5.16. The van der Waals surface area contributed by atoms with Gasteiger partial charge in [0, 0.05) is 6.08 Å². The van der Waals surface area contributed by atoms with Crippen LogP contribution in [0.1, 0.15) is 0 Å². The summed E-state index contributed by atoms with van der Waals surface area (Å²) < 4.78 is 4.63. The van der Waals surface area contributed by atoms with Crippen LogP contribution in [-0.4, -0.2) is 29.9 Å². The first-order valence-electron chi connectivity index (χ1n) is 2.95. The van der Waals surface area contributed by atoms with Crippen LogP contribution in [0.25, 0.3) is 0 Å². The molecule has 2 aliphatic rings. The van der Waals surface area contributed by atoms with E-state index in [2.05, 4.69) is 4.74 Å². The molecule has 2 heterocycles. The summed E-state index contributed by atoms with van der Waals surface area (Å²) >= 11 is 0. The summed E-state index contributed by atoms with van der Waals surface area (Å²) in [5.74, 6) is -0.0216. The third-order valence-electron chi connectivity index (χ3n) is 1.55. The quantitative estimate of drug-likeness (QED) is 0.471. The summed E-state index contributed by atoms with van der Waals surface area (Å²) in [6.45, 7) is 0.415. The molecule has 0 aromatic heterocycles. The number of ether oxygens (including phenoxy) is 1. The van der Waals surface area contributed by atoms with E-state index in [9.17, 15) is 9.59 Å². The highest BCUT2D eigenvalue weighted by atomic mass is 16.6. The van der Waals surface area contributed by atoms with Gasteiger partial charge in [-0.2, -0.15) is 0 Å². The van der Waals surface area contributed by atoms with E-state index in [0.29, 0.717) is 5.70 Å². The maximum Gasteiger partial charge on any atom is 0.414 e. The molecule has 0 atom stereocenters. The number of fused-ring (bicyclic) bond motifs is 1. The van der Waals surface area contributed by atoms with Crippen LogP contribution in [0.15, 0.2) is 11.8 Å². The Hall–Kier alpha value is -1.32. The zero-order chi connectivity index (χ0) is 7.14. The van der Waals surface area contributed by atoms with Crippen LogP contribution in [0.5, 0.6) is 0 Å². The minimum absolute atomic E-state index is 0.0216. The Balaban J connectivity index is 2.34. The van der Waals surface area contributed by atoms with Crippen LogP contribution in [0.4, 0.5) is 4.79 Å². The monoisotopic (exact) mass is 139 g/mol. The number of ketones is 1. The fraction of sp³-hybridized carbons (Fsp3) is 0.333. The summed E-state index contributed by atoms with van der Waals surface area (Å²) in [5, 5.41) is 0. The predicted octanol–water partition coefficient (Wildman–Crippen LogP) is -0.0948. The van der Waals surface area contributed by atoms with Gasteiger partial charge in [-0.1, -0.05) is 0 Å². The van der Waals surface area contributed by atoms with Crippen LogP contribution in [0.2, 0.25) is 0 Å². The average molecular weight is 139 g/mol. The van der Waals surface area contributed by atoms with Gasteiger partial charge < -0.3 is 4.74 Å². The van der Waals surface area contributed by atoms with Gasteiger partial charge in [-0.05, 0) is 0 Å². The standard InChI is InChI=1S/C6H5NO3/c8-5-1-4-3-10-6(9)7(4)2-5/h1H,2-3H2. The molecule has 0 saturated carbocycles. The molecule has 1 fully saturated rings. The van der Waals surface area contributed by atoms with Gasteiger partial charge in [-0.3, -0.25) is 9.69 Å². The van der Waals surface area contributed by atoms with Gasteiger partial charge in [0.25, 0.3) is 0 Å². The average Bonchev–Trinajstić information content (AvgIpc) is 2.35. The highest BCUT2D eigenvalue weighted by Crippen LogP contribution is 2.19. The number of carbonyl (C=O) groups excluding carboxylic acids is 2. The number of carbonyl (C=O) groups is 2. The molecule has 0 aliphatic carbocycles. The molecule has 2 rings (SSSR count). The summed E-state index contributed by atoms with van der Waals surface area (Å²) in [4.78, 5) is 22.7. The molecule has 0 bridgehead atoms. The van der Waals surface area contributed by atoms with E-state index in [4.69, 9.17) is 0 Å². The van der Waals surface area contributed by atoms with E-state index in [1.165, 1.54) is 11.0 Å². The number of nitrogens with zero attached hydrogens (tertiary/aromatic N) is 1. The predicted molar refractivity (Wildman–Crippen MR) is 31.1 cm³/mol. The van der Waals surface area contributed by atoms with Crippen LogP contribution < -0.4 is 0 Å². The lowest BCUT2D eigenvalue weighted by atomic mass is 10.4. The summed E-state index contributed by atoms with van der Waals surface area (Å²) in [6.07, 6.45) is 1.04. The fourth-order valence-corrected chi connectivity index (χ4v) is 1.08. The first-order valence-corrected chi connectivity index (χ1v) is 2.95. The lowest BCUT2D eigenvalue weighted by molar-refractivity contribution is -0.114. The number of cyclic esters (lactones) is 1. The third kappa shape index (κ3) is 0.556. The Bertz CT molecular complexity index is 243. The first kappa shape index (κ1) is 5.46. The van der Waals surface area contributed by atoms with Crippen molar-refractivity contribution in [3.05, 3.63) is 11.8 Å². The Morgan fingerprint density at radius 2 is 2.30 bits per heavy atom. The van der Waals surface area contributed by atoms with Crippen LogP contribution in [-0.2, 0) is 9.53 Å². The topological polar surface area (TPSA) is 46.6 Å². The molecule has 10 heavy (non-hydrogen) atoms. The second-order valence-corrected chi connectivity index (χ2v) is 2.24.